The Labute approximate surface area is 141 Å². The highest BCUT2D eigenvalue weighted by Gasteiger charge is 2.29. The summed E-state index contributed by atoms with van der Waals surface area (Å²) in [7, 11) is -1.80. The van der Waals surface area contributed by atoms with E-state index < -0.39 is 16.0 Å². The molecule has 0 amide bonds. The molecule has 1 aliphatic rings. The highest BCUT2D eigenvalue weighted by molar-refractivity contribution is 7.89. The van der Waals surface area contributed by atoms with Gasteiger partial charge in [-0.2, -0.15) is 4.31 Å². The maximum atomic E-state index is 12.7. The lowest BCUT2D eigenvalue weighted by Crippen LogP contribution is -2.37. The fourth-order valence-electron chi connectivity index (χ4n) is 2.85. The van der Waals surface area contributed by atoms with E-state index in [9.17, 15) is 13.2 Å². The van der Waals surface area contributed by atoms with E-state index in [0.29, 0.717) is 31.0 Å². The molecule has 1 aliphatic heterocycles. The smallest absolute Gasteiger partial charge is 0.317 e. The number of carbonyl (C=O) groups is 1. The first-order valence-electron chi connectivity index (χ1n) is 7.48. The van der Waals surface area contributed by atoms with Crippen molar-refractivity contribution in [1.82, 2.24) is 9.21 Å². The first-order chi connectivity index (χ1) is 10.8. The zero-order valence-electron chi connectivity index (χ0n) is 13.0. The quantitative estimate of drug-likeness (QED) is 0.867. The van der Waals surface area contributed by atoms with Crippen molar-refractivity contribution in [2.24, 2.45) is 0 Å². The fraction of sp³-hybridized carbons (Fsp3) is 0.533. The predicted octanol–water partition coefficient (Wildman–Crippen LogP) is 1.90. The molecule has 1 fully saturated rings. The van der Waals surface area contributed by atoms with Crippen LogP contribution in [-0.2, 0) is 14.8 Å². The second kappa shape index (κ2) is 7.61. The standard InChI is InChI=1S/C15H21ClN2O4S/c1-17(11-15(19)20)13-5-3-8-18(9-7-13)23(21,22)14-6-2-4-12(16)10-14/h2,4,6,10,13H,3,5,7-9,11H2,1H3,(H,19,20). The third kappa shape index (κ3) is 4.67. The molecule has 1 N–H and O–H groups in total. The van der Waals surface area contributed by atoms with E-state index in [1.54, 1.807) is 30.1 Å². The number of benzene rings is 1. The first-order valence-corrected chi connectivity index (χ1v) is 9.30. The van der Waals surface area contributed by atoms with Gasteiger partial charge in [0.25, 0.3) is 0 Å². The fourth-order valence-corrected chi connectivity index (χ4v) is 4.65. The Morgan fingerprint density at radius 1 is 1.39 bits per heavy atom. The summed E-state index contributed by atoms with van der Waals surface area (Å²) < 4.78 is 26.9. The number of likely N-dealkylation sites (N-methyl/N-ethyl adjacent to an activating group) is 1. The summed E-state index contributed by atoms with van der Waals surface area (Å²) in [4.78, 5) is 12.8. The molecule has 1 aromatic carbocycles. The van der Waals surface area contributed by atoms with Gasteiger partial charge in [0.15, 0.2) is 0 Å². The van der Waals surface area contributed by atoms with Gasteiger partial charge in [0.1, 0.15) is 0 Å². The molecule has 0 bridgehead atoms. The molecule has 2 rings (SSSR count). The number of nitrogens with zero attached hydrogens (tertiary/aromatic N) is 2. The second-order valence-corrected chi connectivity index (χ2v) is 8.13. The monoisotopic (exact) mass is 360 g/mol. The first kappa shape index (κ1) is 18.2. The third-order valence-corrected chi connectivity index (χ3v) is 6.23. The maximum absolute atomic E-state index is 12.7. The molecule has 1 unspecified atom stereocenters. The van der Waals surface area contributed by atoms with E-state index in [0.717, 1.165) is 6.42 Å². The van der Waals surface area contributed by atoms with Crippen molar-refractivity contribution in [3.63, 3.8) is 0 Å². The van der Waals surface area contributed by atoms with Crippen LogP contribution in [0.3, 0.4) is 0 Å². The third-order valence-electron chi connectivity index (χ3n) is 4.10. The lowest BCUT2D eigenvalue weighted by Gasteiger charge is -2.25. The van der Waals surface area contributed by atoms with Crippen molar-refractivity contribution in [3.8, 4) is 0 Å². The van der Waals surface area contributed by atoms with Gasteiger partial charge in [-0.25, -0.2) is 8.42 Å². The number of aliphatic carboxylic acids is 1. The Bertz CT molecular complexity index is 665. The highest BCUT2D eigenvalue weighted by Crippen LogP contribution is 2.24. The predicted molar refractivity (Wildman–Crippen MR) is 88.1 cm³/mol. The van der Waals surface area contributed by atoms with Crippen LogP contribution < -0.4 is 0 Å². The molecular weight excluding hydrogens is 340 g/mol. The molecule has 128 valence electrons. The molecule has 1 saturated heterocycles. The zero-order chi connectivity index (χ0) is 17.0. The summed E-state index contributed by atoms with van der Waals surface area (Å²) >= 11 is 5.89. The molecule has 1 aromatic rings. The van der Waals surface area contributed by atoms with Crippen molar-refractivity contribution >= 4 is 27.6 Å². The Hall–Kier alpha value is -1.15. The van der Waals surface area contributed by atoms with E-state index in [-0.39, 0.29) is 17.5 Å². The van der Waals surface area contributed by atoms with Crippen LogP contribution in [0.5, 0.6) is 0 Å². The zero-order valence-corrected chi connectivity index (χ0v) is 14.6. The minimum Gasteiger partial charge on any atom is -0.480 e. The Balaban J connectivity index is 2.09. The van der Waals surface area contributed by atoms with Crippen molar-refractivity contribution in [2.45, 2.75) is 30.2 Å². The lowest BCUT2D eigenvalue weighted by atomic mass is 10.1. The van der Waals surface area contributed by atoms with Gasteiger partial charge >= 0.3 is 5.97 Å². The molecule has 6 nitrogen and oxygen atoms in total. The molecule has 0 aliphatic carbocycles. The number of carboxylic acids is 1. The van der Waals surface area contributed by atoms with Gasteiger partial charge in [-0.1, -0.05) is 17.7 Å². The van der Waals surface area contributed by atoms with Crippen LogP contribution in [0.4, 0.5) is 0 Å². The molecule has 0 radical (unpaired) electrons. The number of sulfonamides is 1. The number of hydrogen-bond donors (Lipinski definition) is 1. The van der Waals surface area contributed by atoms with E-state index in [1.165, 1.54) is 10.4 Å². The Morgan fingerprint density at radius 2 is 2.13 bits per heavy atom. The summed E-state index contributed by atoms with van der Waals surface area (Å²) in [6, 6.07) is 6.33. The van der Waals surface area contributed by atoms with Crippen molar-refractivity contribution in [1.29, 1.82) is 0 Å². The summed E-state index contributed by atoms with van der Waals surface area (Å²) in [5.74, 6) is -0.875. The van der Waals surface area contributed by atoms with Crippen LogP contribution in [0.2, 0.25) is 5.02 Å². The molecule has 0 saturated carbocycles. The minimum atomic E-state index is -3.57. The van der Waals surface area contributed by atoms with Gasteiger partial charge in [0.05, 0.1) is 11.4 Å². The van der Waals surface area contributed by atoms with Crippen LogP contribution in [0.25, 0.3) is 0 Å². The molecule has 1 heterocycles. The van der Waals surface area contributed by atoms with Gasteiger partial charge < -0.3 is 5.11 Å². The number of halogens is 1. The van der Waals surface area contributed by atoms with Gasteiger partial charge in [0.2, 0.25) is 10.0 Å². The van der Waals surface area contributed by atoms with Crippen LogP contribution in [0.15, 0.2) is 29.2 Å². The second-order valence-electron chi connectivity index (χ2n) is 5.76. The number of rotatable bonds is 5. The van der Waals surface area contributed by atoms with E-state index in [2.05, 4.69) is 0 Å². The van der Waals surface area contributed by atoms with Gasteiger partial charge in [0, 0.05) is 24.2 Å². The molecule has 0 spiro atoms. The summed E-state index contributed by atoms with van der Waals surface area (Å²) in [5.41, 5.74) is 0. The van der Waals surface area contributed by atoms with Crippen LogP contribution in [-0.4, -0.2) is 61.4 Å². The SMILES string of the molecule is CN(CC(=O)O)C1CCCN(S(=O)(=O)c2cccc(Cl)c2)CC1. The average molecular weight is 361 g/mol. The topological polar surface area (TPSA) is 77.9 Å². The van der Waals surface area contributed by atoms with E-state index in [4.69, 9.17) is 16.7 Å². The minimum absolute atomic E-state index is 0.0360. The Morgan fingerprint density at radius 3 is 2.78 bits per heavy atom. The van der Waals surface area contributed by atoms with Gasteiger partial charge in [-0.3, -0.25) is 9.69 Å². The molecule has 1 atom stereocenters. The molecular formula is C15H21ClN2O4S. The lowest BCUT2D eigenvalue weighted by molar-refractivity contribution is -0.138. The molecule has 8 heteroatoms. The highest BCUT2D eigenvalue weighted by atomic mass is 35.5. The number of carboxylic acid groups (broad SMARTS) is 1. The van der Waals surface area contributed by atoms with Gasteiger partial charge in [-0.05, 0) is 44.5 Å². The van der Waals surface area contributed by atoms with Crippen LogP contribution in [0, 0.1) is 0 Å². The van der Waals surface area contributed by atoms with Crippen LogP contribution in [0.1, 0.15) is 19.3 Å². The summed E-state index contributed by atoms with van der Waals surface area (Å²) in [5, 5.41) is 9.27. The molecule has 23 heavy (non-hydrogen) atoms. The maximum Gasteiger partial charge on any atom is 0.317 e. The van der Waals surface area contributed by atoms with Gasteiger partial charge in [-0.15, -0.1) is 0 Å². The van der Waals surface area contributed by atoms with Crippen LogP contribution >= 0.6 is 11.6 Å². The van der Waals surface area contributed by atoms with Crippen molar-refractivity contribution in [3.05, 3.63) is 29.3 Å². The van der Waals surface area contributed by atoms with Crippen molar-refractivity contribution < 1.29 is 18.3 Å². The summed E-state index contributed by atoms with van der Waals surface area (Å²) in [6.07, 6.45) is 2.10. The normalized spacial score (nSPS) is 20.4. The van der Waals surface area contributed by atoms with E-state index >= 15 is 0 Å². The average Bonchev–Trinajstić information content (AvgIpc) is 2.73. The number of hydrogen-bond acceptors (Lipinski definition) is 4. The van der Waals surface area contributed by atoms with Crippen molar-refractivity contribution in [2.75, 3.05) is 26.7 Å². The summed E-state index contributed by atoms with van der Waals surface area (Å²) in [6.45, 7) is 0.779. The van der Waals surface area contributed by atoms with E-state index in [1.807, 2.05) is 0 Å². The molecule has 0 aromatic heterocycles. The Kier molecular flexibility index (Phi) is 6.02. The largest absolute Gasteiger partial charge is 0.480 e.